The molecule has 0 spiro atoms. The monoisotopic (exact) mass is 196 g/mol. The van der Waals surface area contributed by atoms with E-state index >= 15 is 0 Å². The van der Waals surface area contributed by atoms with E-state index in [1.54, 1.807) is 0 Å². The zero-order chi connectivity index (χ0) is 10.6. The zero-order valence-electron chi connectivity index (χ0n) is 8.66. The van der Waals surface area contributed by atoms with Gasteiger partial charge >= 0.3 is 5.97 Å². The Balaban J connectivity index is 2.73. The Morgan fingerprint density at radius 3 is 2.79 bits per heavy atom. The highest BCUT2D eigenvalue weighted by molar-refractivity contribution is 5.67. The number of nitrogens with zero attached hydrogens (tertiary/aromatic N) is 2. The van der Waals surface area contributed by atoms with E-state index in [9.17, 15) is 4.79 Å². The molecule has 1 N–H and O–H groups in total. The molecule has 0 atom stereocenters. The lowest BCUT2D eigenvalue weighted by molar-refractivity contribution is -0.136. The number of aryl methyl sites for hydroxylation is 3. The maximum Gasteiger partial charge on any atom is 0.303 e. The fraction of sp³-hybridized carbons (Fsp3) is 0.600. The van der Waals surface area contributed by atoms with Crippen LogP contribution in [0.15, 0.2) is 6.20 Å². The Hall–Kier alpha value is -1.32. The third-order valence-electron chi connectivity index (χ3n) is 2.19. The topological polar surface area (TPSA) is 55.1 Å². The first kappa shape index (κ1) is 10.8. The number of carboxylic acid groups (broad SMARTS) is 1. The molecule has 1 aromatic heterocycles. The maximum atomic E-state index is 10.4. The quantitative estimate of drug-likeness (QED) is 0.776. The molecular formula is C10H16N2O2. The standard InChI is InChI=1S/C10H16N2O2/c1-3-9-8(5-6-10(13)14)7-12(4-2)11-9/h7H,3-6H2,1-2H3,(H,13,14). The lowest BCUT2D eigenvalue weighted by Gasteiger charge is -1.95. The molecule has 0 bridgehead atoms. The molecule has 0 fully saturated rings. The summed E-state index contributed by atoms with van der Waals surface area (Å²) in [6, 6.07) is 0. The summed E-state index contributed by atoms with van der Waals surface area (Å²) < 4.78 is 1.86. The van der Waals surface area contributed by atoms with Crippen LogP contribution in [0.3, 0.4) is 0 Å². The number of rotatable bonds is 5. The lowest BCUT2D eigenvalue weighted by atomic mass is 10.1. The molecule has 0 unspecified atom stereocenters. The van der Waals surface area contributed by atoms with Crippen molar-refractivity contribution in [3.8, 4) is 0 Å². The smallest absolute Gasteiger partial charge is 0.303 e. The Labute approximate surface area is 83.5 Å². The average molecular weight is 196 g/mol. The molecule has 1 rings (SSSR count). The molecule has 0 aliphatic rings. The predicted molar refractivity (Wildman–Crippen MR) is 53.2 cm³/mol. The molecule has 4 nitrogen and oxygen atoms in total. The third kappa shape index (κ3) is 2.58. The first-order valence-corrected chi connectivity index (χ1v) is 4.94. The number of aliphatic carboxylic acids is 1. The van der Waals surface area contributed by atoms with Gasteiger partial charge in [-0.15, -0.1) is 0 Å². The van der Waals surface area contributed by atoms with E-state index in [0.29, 0.717) is 6.42 Å². The van der Waals surface area contributed by atoms with Crippen molar-refractivity contribution >= 4 is 5.97 Å². The number of carbonyl (C=O) groups is 1. The predicted octanol–water partition coefficient (Wildman–Crippen LogP) is 1.48. The fourth-order valence-corrected chi connectivity index (χ4v) is 1.41. The van der Waals surface area contributed by atoms with Gasteiger partial charge in [0.05, 0.1) is 5.69 Å². The SMILES string of the molecule is CCc1nn(CC)cc1CCC(=O)O. The van der Waals surface area contributed by atoms with Gasteiger partial charge in [-0.05, 0) is 25.3 Å². The van der Waals surface area contributed by atoms with Gasteiger partial charge in [0.25, 0.3) is 0 Å². The van der Waals surface area contributed by atoms with Crippen molar-refractivity contribution < 1.29 is 9.90 Å². The Morgan fingerprint density at radius 1 is 1.57 bits per heavy atom. The molecule has 1 aromatic rings. The van der Waals surface area contributed by atoms with E-state index < -0.39 is 5.97 Å². The highest BCUT2D eigenvalue weighted by Gasteiger charge is 2.08. The molecule has 0 radical (unpaired) electrons. The number of hydrogen-bond acceptors (Lipinski definition) is 2. The minimum atomic E-state index is -0.753. The van der Waals surface area contributed by atoms with Crippen molar-refractivity contribution in [2.24, 2.45) is 0 Å². The van der Waals surface area contributed by atoms with Crippen LogP contribution >= 0.6 is 0 Å². The molecule has 1 heterocycles. The van der Waals surface area contributed by atoms with Crippen molar-refractivity contribution in [2.75, 3.05) is 0 Å². The van der Waals surface area contributed by atoms with Crippen LogP contribution < -0.4 is 0 Å². The van der Waals surface area contributed by atoms with Crippen molar-refractivity contribution in [1.82, 2.24) is 9.78 Å². The second-order valence-electron chi connectivity index (χ2n) is 3.20. The van der Waals surface area contributed by atoms with Crippen molar-refractivity contribution in [2.45, 2.75) is 39.7 Å². The normalized spacial score (nSPS) is 10.4. The van der Waals surface area contributed by atoms with Crippen LogP contribution in [0.1, 0.15) is 31.5 Å². The Kier molecular flexibility index (Phi) is 3.68. The summed E-state index contributed by atoms with van der Waals surface area (Å²) in [6.07, 6.45) is 3.57. The van der Waals surface area contributed by atoms with Crippen LogP contribution in [-0.4, -0.2) is 20.9 Å². The number of aromatic nitrogens is 2. The van der Waals surface area contributed by atoms with E-state index in [1.807, 2.05) is 24.7 Å². The molecule has 4 heteroatoms. The third-order valence-corrected chi connectivity index (χ3v) is 2.19. The first-order chi connectivity index (χ1) is 6.67. The molecular weight excluding hydrogens is 180 g/mol. The number of hydrogen-bond donors (Lipinski definition) is 1. The first-order valence-electron chi connectivity index (χ1n) is 4.94. The van der Waals surface area contributed by atoms with E-state index in [2.05, 4.69) is 5.10 Å². The second kappa shape index (κ2) is 4.79. The van der Waals surface area contributed by atoms with Gasteiger partial charge in [-0.3, -0.25) is 9.48 Å². The minimum absolute atomic E-state index is 0.183. The summed E-state index contributed by atoms with van der Waals surface area (Å²) in [6.45, 7) is 4.89. The summed E-state index contributed by atoms with van der Waals surface area (Å²) in [5, 5.41) is 12.9. The van der Waals surface area contributed by atoms with Crippen LogP contribution in [0.25, 0.3) is 0 Å². The van der Waals surface area contributed by atoms with Crippen molar-refractivity contribution in [3.05, 3.63) is 17.5 Å². The zero-order valence-corrected chi connectivity index (χ0v) is 8.66. The Bertz CT molecular complexity index is 318. The molecule has 0 aliphatic heterocycles. The lowest BCUT2D eigenvalue weighted by Crippen LogP contribution is -1.98. The number of carboxylic acids is 1. The van der Waals surface area contributed by atoms with Crippen LogP contribution in [0.2, 0.25) is 0 Å². The highest BCUT2D eigenvalue weighted by Crippen LogP contribution is 2.10. The summed E-state index contributed by atoms with van der Waals surface area (Å²) in [7, 11) is 0. The summed E-state index contributed by atoms with van der Waals surface area (Å²) in [5.74, 6) is -0.753. The highest BCUT2D eigenvalue weighted by atomic mass is 16.4. The molecule has 0 aromatic carbocycles. The van der Waals surface area contributed by atoms with Gasteiger partial charge in [0, 0.05) is 19.2 Å². The maximum absolute atomic E-state index is 10.4. The van der Waals surface area contributed by atoms with Crippen LogP contribution in [-0.2, 0) is 24.2 Å². The van der Waals surface area contributed by atoms with E-state index in [-0.39, 0.29) is 6.42 Å². The van der Waals surface area contributed by atoms with Gasteiger partial charge in [-0.25, -0.2) is 0 Å². The molecule has 14 heavy (non-hydrogen) atoms. The summed E-state index contributed by atoms with van der Waals surface area (Å²) >= 11 is 0. The molecule has 78 valence electrons. The van der Waals surface area contributed by atoms with Crippen LogP contribution in [0.4, 0.5) is 0 Å². The molecule has 0 amide bonds. The fourth-order valence-electron chi connectivity index (χ4n) is 1.41. The van der Waals surface area contributed by atoms with Crippen molar-refractivity contribution in [1.29, 1.82) is 0 Å². The Morgan fingerprint density at radius 2 is 2.29 bits per heavy atom. The largest absolute Gasteiger partial charge is 0.481 e. The average Bonchev–Trinajstić information content (AvgIpc) is 2.57. The summed E-state index contributed by atoms with van der Waals surface area (Å²) in [5.41, 5.74) is 2.09. The van der Waals surface area contributed by atoms with E-state index in [4.69, 9.17) is 5.11 Å². The van der Waals surface area contributed by atoms with E-state index in [0.717, 1.165) is 24.2 Å². The van der Waals surface area contributed by atoms with Crippen LogP contribution in [0.5, 0.6) is 0 Å². The molecule has 0 aliphatic carbocycles. The van der Waals surface area contributed by atoms with E-state index in [1.165, 1.54) is 0 Å². The second-order valence-corrected chi connectivity index (χ2v) is 3.20. The van der Waals surface area contributed by atoms with Crippen molar-refractivity contribution in [3.63, 3.8) is 0 Å². The van der Waals surface area contributed by atoms with Gasteiger partial charge < -0.3 is 5.11 Å². The molecule has 0 saturated carbocycles. The summed E-state index contributed by atoms with van der Waals surface area (Å²) in [4.78, 5) is 10.4. The minimum Gasteiger partial charge on any atom is -0.481 e. The van der Waals surface area contributed by atoms with Gasteiger partial charge in [-0.2, -0.15) is 5.10 Å². The van der Waals surface area contributed by atoms with Gasteiger partial charge in [-0.1, -0.05) is 6.92 Å². The molecule has 0 saturated heterocycles. The van der Waals surface area contributed by atoms with Gasteiger partial charge in [0.2, 0.25) is 0 Å². The van der Waals surface area contributed by atoms with Crippen LogP contribution in [0, 0.1) is 0 Å². The van der Waals surface area contributed by atoms with Gasteiger partial charge in [0.1, 0.15) is 0 Å². The van der Waals surface area contributed by atoms with Gasteiger partial charge in [0.15, 0.2) is 0 Å².